The third-order valence-electron chi connectivity index (χ3n) is 2.32. The summed E-state index contributed by atoms with van der Waals surface area (Å²) in [4.78, 5) is 9.31. The second-order valence-corrected chi connectivity index (χ2v) is 3.60. The Balaban J connectivity index is 0.00000361. The highest BCUT2D eigenvalue weighted by molar-refractivity contribution is 5.85. The lowest BCUT2D eigenvalue weighted by atomic mass is 10.00. The predicted molar refractivity (Wildman–Crippen MR) is 59.9 cm³/mol. The molecule has 114 valence electrons. The zero-order chi connectivity index (χ0) is 15.0. The van der Waals surface area contributed by atoms with E-state index in [2.05, 4.69) is 0 Å². The summed E-state index contributed by atoms with van der Waals surface area (Å²) in [6.07, 6.45) is -5.89. The summed E-state index contributed by atoms with van der Waals surface area (Å²) in [5, 5.41) is 19.5. The maximum absolute atomic E-state index is 13.0. The molecule has 0 aliphatic rings. The molecule has 0 saturated carbocycles. The minimum Gasteiger partial charge on any atom is -0.502 e. The van der Waals surface area contributed by atoms with Gasteiger partial charge in [0, 0.05) is 6.07 Å². The zero-order valence-corrected chi connectivity index (χ0v) is 10.2. The van der Waals surface area contributed by atoms with Gasteiger partial charge in [0.1, 0.15) is 6.04 Å². The number of halogens is 6. The lowest BCUT2D eigenvalue weighted by Crippen LogP contribution is -2.45. The molecule has 0 aliphatic heterocycles. The van der Waals surface area contributed by atoms with Gasteiger partial charge in [-0.1, -0.05) is 6.07 Å². The van der Waals surface area contributed by atoms with Gasteiger partial charge < -0.3 is 10.8 Å². The number of nitro benzene ring substituents is 1. The molecule has 5 nitrogen and oxygen atoms in total. The maximum atomic E-state index is 13.0. The number of nitrogens with zero attached hydrogens (tertiary/aromatic N) is 1. The van der Waals surface area contributed by atoms with Crippen LogP contribution in [0.4, 0.5) is 27.6 Å². The van der Waals surface area contributed by atoms with E-state index in [-0.39, 0.29) is 12.4 Å². The van der Waals surface area contributed by atoms with Crippen molar-refractivity contribution in [3.63, 3.8) is 0 Å². The minimum absolute atomic E-state index is 0. The van der Waals surface area contributed by atoms with Crippen LogP contribution in [0.5, 0.6) is 5.75 Å². The van der Waals surface area contributed by atoms with Crippen molar-refractivity contribution < 1.29 is 32.0 Å². The molecule has 0 bridgehead atoms. The van der Waals surface area contributed by atoms with Crippen molar-refractivity contribution in [2.45, 2.75) is 18.1 Å². The van der Waals surface area contributed by atoms with Crippen LogP contribution in [-0.2, 0) is 0 Å². The van der Waals surface area contributed by atoms with Gasteiger partial charge >= 0.3 is 17.8 Å². The van der Waals surface area contributed by atoms with Gasteiger partial charge in [0.05, 0.1) is 4.92 Å². The molecule has 1 aromatic carbocycles. The molecule has 0 unspecified atom stereocenters. The van der Waals surface area contributed by atoms with E-state index in [4.69, 9.17) is 10.8 Å². The molecule has 1 atom stereocenters. The number of phenolic OH excluding ortho intramolecular Hbond substituents is 1. The Labute approximate surface area is 114 Å². The Morgan fingerprint density at radius 1 is 1.25 bits per heavy atom. The Bertz CT molecular complexity index is 509. The van der Waals surface area contributed by atoms with E-state index in [1.54, 1.807) is 0 Å². The molecular weight excluding hydrogens is 315 g/mol. The lowest BCUT2D eigenvalue weighted by Gasteiger charge is -2.25. The van der Waals surface area contributed by atoms with Gasteiger partial charge in [0.15, 0.2) is 5.75 Å². The number of aromatic hydroxyl groups is 1. The Morgan fingerprint density at radius 3 is 2.15 bits per heavy atom. The normalized spacial score (nSPS) is 13.5. The molecule has 0 aromatic heterocycles. The Kier molecular flexibility index (Phi) is 5.27. The van der Waals surface area contributed by atoms with Crippen molar-refractivity contribution in [3.05, 3.63) is 33.9 Å². The Morgan fingerprint density at radius 2 is 1.75 bits per heavy atom. The summed E-state index contributed by atoms with van der Waals surface area (Å²) in [5.41, 5.74) is 2.98. The highest BCUT2D eigenvalue weighted by Gasteiger charge is 2.61. The van der Waals surface area contributed by atoms with Gasteiger partial charge in [0.25, 0.3) is 0 Å². The van der Waals surface area contributed by atoms with E-state index < -0.39 is 40.1 Å². The summed E-state index contributed by atoms with van der Waals surface area (Å²) < 4.78 is 62.2. The topological polar surface area (TPSA) is 89.4 Å². The molecule has 0 heterocycles. The van der Waals surface area contributed by atoms with Crippen molar-refractivity contribution in [2.75, 3.05) is 0 Å². The number of alkyl halides is 5. The minimum atomic E-state index is -5.89. The van der Waals surface area contributed by atoms with Crippen molar-refractivity contribution >= 4 is 18.1 Å². The molecule has 0 fully saturated rings. The molecule has 20 heavy (non-hydrogen) atoms. The molecule has 0 saturated heterocycles. The van der Waals surface area contributed by atoms with Gasteiger partial charge in [-0.25, -0.2) is 0 Å². The zero-order valence-electron chi connectivity index (χ0n) is 9.40. The third-order valence-corrected chi connectivity index (χ3v) is 2.32. The first kappa shape index (κ1) is 18.3. The first-order valence-electron chi connectivity index (χ1n) is 4.66. The number of benzene rings is 1. The van der Waals surface area contributed by atoms with Crippen LogP contribution < -0.4 is 5.73 Å². The largest absolute Gasteiger partial charge is 0.502 e. The fourth-order valence-electron chi connectivity index (χ4n) is 1.27. The summed E-state index contributed by atoms with van der Waals surface area (Å²) in [7, 11) is 0. The molecule has 0 amide bonds. The van der Waals surface area contributed by atoms with Crippen LogP contribution in [0.1, 0.15) is 11.6 Å². The summed E-state index contributed by atoms with van der Waals surface area (Å²) >= 11 is 0. The molecule has 0 spiro atoms. The number of nitrogens with two attached hydrogens (primary N) is 1. The average molecular weight is 323 g/mol. The van der Waals surface area contributed by atoms with Crippen LogP contribution >= 0.6 is 12.4 Å². The average Bonchev–Trinajstić information content (AvgIpc) is 2.26. The van der Waals surface area contributed by atoms with Crippen molar-refractivity contribution in [1.29, 1.82) is 0 Å². The number of nitro groups is 1. The number of phenols is 1. The molecule has 1 rings (SSSR count). The van der Waals surface area contributed by atoms with E-state index in [0.29, 0.717) is 18.2 Å². The van der Waals surface area contributed by atoms with Gasteiger partial charge in [0.2, 0.25) is 0 Å². The third kappa shape index (κ3) is 3.25. The predicted octanol–water partition coefficient (Wildman–Crippen LogP) is 2.92. The first-order valence-corrected chi connectivity index (χ1v) is 4.66. The monoisotopic (exact) mass is 322 g/mol. The second kappa shape index (κ2) is 5.75. The number of hydrogen-bond donors (Lipinski definition) is 2. The van der Waals surface area contributed by atoms with Crippen LogP contribution in [-0.4, -0.2) is 22.1 Å². The molecule has 0 aliphatic carbocycles. The second-order valence-electron chi connectivity index (χ2n) is 3.60. The van der Waals surface area contributed by atoms with Gasteiger partial charge in [-0.2, -0.15) is 22.0 Å². The quantitative estimate of drug-likeness (QED) is 0.508. The fourth-order valence-corrected chi connectivity index (χ4v) is 1.27. The smallest absolute Gasteiger partial charge is 0.455 e. The molecule has 0 radical (unpaired) electrons. The van der Waals surface area contributed by atoms with E-state index in [1.165, 1.54) is 0 Å². The highest BCUT2D eigenvalue weighted by Crippen LogP contribution is 2.44. The first-order chi connectivity index (χ1) is 8.48. The van der Waals surface area contributed by atoms with Crippen LogP contribution in [0.3, 0.4) is 0 Å². The SMILES string of the molecule is Cl.N[C@@H](c1ccc(O)c([N+](=O)[O-])c1)C(F)(F)C(F)(F)F. The van der Waals surface area contributed by atoms with E-state index in [0.717, 1.165) is 0 Å². The van der Waals surface area contributed by atoms with Crippen LogP contribution in [0.2, 0.25) is 0 Å². The number of hydrogen-bond acceptors (Lipinski definition) is 4. The van der Waals surface area contributed by atoms with E-state index in [1.807, 2.05) is 0 Å². The molecule has 1 aromatic rings. The van der Waals surface area contributed by atoms with Gasteiger partial charge in [-0.15, -0.1) is 12.4 Å². The van der Waals surface area contributed by atoms with Crippen LogP contribution in [0, 0.1) is 10.1 Å². The Hall–Kier alpha value is -1.68. The lowest BCUT2D eigenvalue weighted by molar-refractivity contribution is -0.386. The summed E-state index contributed by atoms with van der Waals surface area (Å²) in [5.74, 6) is -6.12. The molecule has 11 heteroatoms. The van der Waals surface area contributed by atoms with Gasteiger partial charge in [-0.05, 0) is 11.6 Å². The molecule has 3 N–H and O–H groups in total. The summed E-state index contributed by atoms with van der Waals surface area (Å²) in [6.45, 7) is 0. The maximum Gasteiger partial charge on any atom is 0.455 e. The van der Waals surface area contributed by atoms with Crippen LogP contribution in [0.15, 0.2) is 18.2 Å². The standard InChI is InChI=1S/C9H7F5N2O3.ClH/c10-8(11,9(12,13)14)7(15)4-1-2-6(17)5(3-4)16(18)19;/h1-3,7,17H,15H2;1H/t7-;/m0./s1. The number of rotatable bonds is 3. The van der Waals surface area contributed by atoms with Crippen LogP contribution in [0.25, 0.3) is 0 Å². The van der Waals surface area contributed by atoms with Gasteiger partial charge in [-0.3, -0.25) is 10.1 Å². The highest BCUT2D eigenvalue weighted by atomic mass is 35.5. The van der Waals surface area contributed by atoms with Crippen molar-refractivity contribution in [3.8, 4) is 5.75 Å². The summed E-state index contributed by atoms with van der Waals surface area (Å²) in [6, 6.07) is -1.15. The molecular formula is C9H8ClF5N2O3. The van der Waals surface area contributed by atoms with Crippen molar-refractivity contribution in [2.24, 2.45) is 5.73 Å². The van der Waals surface area contributed by atoms with E-state index >= 15 is 0 Å². The van der Waals surface area contributed by atoms with E-state index in [9.17, 15) is 32.1 Å². The van der Waals surface area contributed by atoms with Crippen molar-refractivity contribution in [1.82, 2.24) is 0 Å². The fraction of sp³-hybridized carbons (Fsp3) is 0.333.